The third-order valence-electron chi connectivity index (χ3n) is 5.45. The van der Waals surface area contributed by atoms with Gasteiger partial charge in [-0.3, -0.25) is 9.69 Å². The highest BCUT2D eigenvalue weighted by Crippen LogP contribution is 2.27. The average molecular weight is 360 g/mol. The first-order valence-corrected chi connectivity index (χ1v) is 9.72. The van der Waals surface area contributed by atoms with E-state index in [-0.39, 0.29) is 18.3 Å². The van der Waals surface area contributed by atoms with Crippen molar-refractivity contribution in [3.8, 4) is 0 Å². The van der Waals surface area contributed by atoms with Gasteiger partial charge in [0.05, 0.1) is 18.6 Å². The lowest BCUT2D eigenvalue weighted by Crippen LogP contribution is -2.35. The molecule has 1 amide bonds. The summed E-state index contributed by atoms with van der Waals surface area (Å²) in [5.74, 6) is 0.887. The molecule has 0 saturated heterocycles. The number of fused-ring (bicyclic) bond motifs is 1. The van der Waals surface area contributed by atoms with Crippen LogP contribution in [0.4, 0.5) is 4.39 Å². The SMILES string of the molecule is CCn1c(CN(CCC2CCCCC2)CC(N)=O)nc2c(F)cccc21. The molecule has 0 bridgehead atoms. The van der Waals surface area contributed by atoms with Gasteiger partial charge in [-0.2, -0.15) is 0 Å². The smallest absolute Gasteiger partial charge is 0.231 e. The molecule has 0 radical (unpaired) electrons. The predicted molar refractivity (Wildman–Crippen MR) is 101 cm³/mol. The summed E-state index contributed by atoms with van der Waals surface area (Å²) in [5.41, 5.74) is 6.66. The zero-order chi connectivity index (χ0) is 18.5. The van der Waals surface area contributed by atoms with Crippen LogP contribution in [0.15, 0.2) is 18.2 Å². The summed E-state index contributed by atoms with van der Waals surface area (Å²) in [5, 5.41) is 0. The van der Waals surface area contributed by atoms with Crippen molar-refractivity contribution in [2.45, 2.75) is 58.5 Å². The van der Waals surface area contributed by atoms with Gasteiger partial charge in [0.15, 0.2) is 5.82 Å². The molecule has 2 N–H and O–H groups in total. The van der Waals surface area contributed by atoms with E-state index in [9.17, 15) is 9.18 Å². The van der Waals surface area contributed by atoms with Gasteiger partial charge in [-0.05, 0) is 37.9 Å². The van der Waals surface area contributed by atoms with Gasteiger partial charge in [-0.1, -0.05) is 38.2 Å². The van der Waals surface area contributed by atoms with E-state index in [2.05, 4.69) is 9.88 Å². The minimum atomic E-state index is -0.334. The highest BCUT2D eigenvalue weighted by atomic mass is 19.1. The fraction of sp³-hybridized carbons (Fsp3) is 0.600. The number of nitrogens with two attached hydrogens (primary N) is 1. The number of aryl methyl sites for hydroxylation is 1. The van der Waals surface area contributed by atoms with E-state index in [1.165, 1.54) is 38.2 Å². The Morgan fingerprint density at radius 3 is 2.81 bits per heavy atom. The maximum Gasteiger partial charge on any atom is 0.231 e. The van der Waals surface area contributed by atoms with E-state index in [0.29, 0.717) is 18.6 Å². The van der Waals surface area contributed by atoms with Crippen molar-refractivity contribution in [3.63, 3.8) is 0 Å². The fourth-order valence-corrected chi connectivity index (χ4v) is 4.11. The van der Waals surface area contributed by atoms with Crippen LogP contribution in [0, 0.1) is 11.7 Å². The number of amides is 1. The van der Waals surface area contributed by atoms with Crippen LogP contribution in [0.25, 0.3) is 11.0 Å². The summed E-state index contributed by atoms with van der Waals surface area (Å²) in [6.45, 7) is 4.28. The lowest BCUT2D eigenvalue weighted by molar-refractivity contribution is -0.119. The number of rotatable bonds is 8. The molecule has 0 spiro atoms. The van der Waals surface area contributed by atoms with Crippen LogP contribution >= 0.6 is 0 Å². The van der Waals surface area contributed by atoms with Crippen molar-refractivity contribution < 1.29 is 9.18 Å². The maximum atomic E-state index is 14.1. The summed E-state index contributed by atoms with van der Waals surface area (Å²) < 4.78 is 16.1. The van der Waals surface area contributed by atoms with Crippen molar-refractivity contribution in [2.75, 3.05) is 13.1 Å². The van der Waals surface area contributed by atoms with Gasteiger partial charge in [0.25, 0.3) is 0 Å². The standard InChI is InChI=1S/C20H29FN4O/c1-2-25-17-10-6-9-16(21)20(17)23-19(25)14-24(13-18(22)26)12-11-15-7-4-3-5-8-15/h6,9-10,15H,2-5,7-8,11-14H2,1H3,(H2,22,26). The monoisotopic (exact) mass is 360 g/mol. The molecular weight excluding hydrogens is 331 g/mol. The Hall–Kier alpha value is -1.95. The molecule has 0 unspecified atom stereocenters. The van der Waals surface area contributed by atoms with Gasteiger partial charge in [-0.25, -0.2) is 9.37 Å². The molecule has 142 valence electrons. The van der Waals surface area contributed by atoms with Crippen LogP contribution in [0.5, 0.6) is 0 Å². The molecule has 1 heterocycles. The van der Waals surface area contributed by atoms with E-state index in [1.54, 1.807) is 6.07 Å². The number of aromatic nitrogens is 2. The van der Waals surface area contributed by atoms with Gasteiger partial charge in [0.1, 0.15) is 11.3 Å². The quantitative estimate of drug-likeness (QED) is 0.784. The number of primary amides is 1. The van der Waals surface area contributed by atoms with Gasteiger partial charge in [0.2, 0.25) is 5.91 Å². The lowest BCUT2D eigenvalue weighted by atomic mass is 9.87. The fourth-order valence-electron chi connectivity index (χ4n) is 4.11. The molecule has 2 aromatic rings. The molecule has 1 aliphatic carbocycles. The second-order valence-electron chi connectivity index (χ2n) is 7.35. The molecule has 5 nitrogen and oxygen atoms in total. The molecule has 3 rings (SSSR count). The first kappa shape index (κ1) is 18.8. The van der Waals surface area contributed by atoms with Crippen LogP contribution in [-0.4, -0.2) is 33.4 Å². The Balaban J connectivity index is 1.76. The molecule has 6 heteroatoms. The number of para-hydroxylation sites is 1. The van der Waals surface area contributed by atoms with Crippen LogP contribution in [-0.2, 0) is 17.9 Å². The van der Waals surface area contributed by atoms with Gasteiger partial charge >= 0.3 is 0 Å². The number of benzene rings is 1. The summed E-state index contributed by atoms with van der Waals surface area (Å²) >= 11 is 0. The highest BCUT2D eigenvalue weighted by molar-refractivity contribution is 5.77. The Morgan fingerprint density at radius 2 is 2.12 bits per heavy atom. The Morgan fingerprint density at radius 1 is 1.35 bits per heavy atom. The Kier molecular flexibility index (Phi) is 6.25. The number of carbonyl (C=O) groups is 1. The summed E-state index contributed by atoms with van der Waals surface area (Å²) in [6.07, 6.45) is 7.60. The van der Waals surface area contributed by atoms with Gasteiger partial charge < -0.3 is 10.3 Å². The normalized spacial score (nSPS) is 15.8. The molecule has 1 aliphatic rings. The summed E-state index contributed by atoms with van der Waals surface area (Å²) in [6, 6.07) is 5.03. The van der Waals surface area contributed by atoms with E-state index in [4.69, 9.17) is 5.73 Å². The van der Waals surface area contributed by atoms with Crippen LogP contribution in [0.1, 0.15) is 51.3 Å². The van der Waals surface area contributed by atoms with Gasteiger partial charge in [0, 0.05) is 6.54 Å². The lowest BCUT2D eigenvalue weighted by Gasteiger charge is -2.26. The van der Waals surface area contributed by atoms with E-state index in [0.717, 1.165) is 30.2 Å². The van der Waals surface area contributed by atoms with Crippen LogP contribution in [0.3, 0.4) is 0 Å². The number of hydrogen-bond acceptors (Lipinski definition) is 3. The van der Waals surface area contributed by atoms with Crippen molar-refractivity contribution in [1.29, 1.82) is 0 Å². The zero-order valence-electron chi connectivity index (χ0n) is 15.6. The van der Waals surface area contributed by atoms with Crippen LogP contribution in [0.2, 0.25) is 0 Å². The van der Waals surface area contributed by atoms with E-state index < -0.39 is 0 Å². The molecule has 1 aromatic carbocycles. The second-order valence-corrected chi connectivity index (χ2v) is 7.35. The Bertz CT molecular complexity index is 752. The highest BCUT2D eigenvalue weighted by Gasteiger charge is 2.19. The molecule has 26 heavy (non-hydrogen) atoms. The predicted octanol–water partition coefficient (Wildman–Crippen LogP) is 3.45. The zero-order valence-corrected chi connectivity index (χ0v) is 15.6. The molecule has 1 fully saturated rings. The molecular formula is C20H29FN4O. The van der Waals surface area contributed by atoms with Crippen molar-refractivity contribution >= 4 is 16.9 Å². The number of carbonyl (C=O) groups excluding carboxylic acids is 1. The molecule has 0 aliphatic heterocycles. The number of nitrogens with zero attached hydrogens (tertiary/aromatic N) is 3. The average Bonchev–Trinajstić information content (AvgIpc) is 2.98. The maximum absolute atomic E-state index is 14.1. The first-order valence-electron chi connectivity index (χ1n) is 9.72. The topological polar surface area (TPSA) is 64.2 Å². The van der Waals surface area contributed by atoms with E-state index >= 15 is 0 Å². The number of imidazole rings is 1. The molecule has 1 saturated carbocycles. The van der Waals surface area contributed by atoms with Crippen molar-refractivity contribution in [2.24, 2.45) is 11.7 Å². The van der Waals surface area contributed by atoms with Crippen molar-refractivity contribution in [1.82, 2.24) is 14.5 Å². The third kappa shape index (κ3) is 4.41. The third-order valence-corrected chi connectivity index (χ3v) is 5.45. The van der Waals surface area contributed by atoms with E-state index in [1.807, 2.05) is 17.6 Å². The minimum absolute atomic E-state index is 0.210. The molecule has 1 aromatic heterocycles. The summed E-state index contributed by atoms with van der Waals surface area (Å²) in [4.78, 5) is 18.1. The second kappa shape index (κ2) is 8.62. The largest absolute Gasteiger partial charge is 0.369 e. The minimum Gasteiger partial charge on any atom is -0.369 e. The number of hydrogen-bond donors (Lipinski definition) is 1. The van der Waals surface area contributed by atoms with Crippen molar-refractivity contribution in [3.05, 3.63) is 29.8 Å². The molecule has 0 atom stereocenters. The van der Waals surface area contributed by atoms with Gasteiger partial charge in [-0.15, -0.1) is 0 Å². The van der Waals surface area contributed by atoms with Crippen LogP contribution < -0.4 is 5.73 Å². The Labute approximate surface area is 154 Å². The summed E-state index contributed by atoms with van der Waals surface area (Å²) in [7, 11) is 0. The first-order chi connectivity index (χ1) is 12.6. The number of halogens is 1.